The number of benzene rings is 1. The molecule has 0 aromatic heterocycles. The average molecular weight is 284 g/mol. The van der Waals surface area contributed by atoms with E-state index in [0.29, 0.717) is 24.7 Å². The molecule has 2 unspecified atom stereocenters. The van der Waals surface area contributed by atoms with E-state index in [4.69, 9.17) is 21.1 Å². The molecule has 4 nitrogen and oxygen atoms in total. The molecule has 1 fully saturated rings. The van der Waals surface area contributed by atoms with Crippen molar-refractivity contribution in [3.63, 3.8) is 0 Å². The molecule has 2 rings (SSSR count). The largest absolute Gasteiger partial charge is 0.467 e. The van der Waals surface area contributed by atoms with Gasteiger partial charge in [-0.1, -0.05) is 18.5 Å². The summed E-state index contributed by atoms with van der Waals surface area (Å²) in [5, 5.41) is 3.97. The molecule has 0 amide bonds. The molecule has 0 aliphatic carbocycles. The minimum absolute atomic E-state index is 0.0318. The second-order valence-electron chi connectivity index (χ2n) is 4.82. The van der Waals surface area contributed by atoms with Crippen LogP contribution in [0.25, 0.3) is 0 Å². The van der Waals surface area contributed by atoms with Crippen molar-refractivity contribution < 1.29 is 14.3 Å². The zero-order valence-corrected chi connectivity index (χ0v) is 11.9. The van der Waals surface area contributed by atoms with Gasteiger partial charge in [0.2, 0.25) is 0 Å². The fourth-order valence-electron chi connectivity index (χ4n) is 2.39. The summed E-state index contributed by atoms with van der Waals surface area (Å²) in [5.74, 6) is -0.220. The number of hydrogen-bond acceptors (Lipinski definition) is 4. The Morgan fingerprint density at radius 2 is 2.16 bits per heavy atom. The molecule has 5 heteroatoms. The molecular formula is C14H18ClNO3. The molecule has 1 aromatic carbocycles. The molecule has 1 aromatic rings. The SMILES string of the molecule is COC(=O)C1(Nc2ccc(Cl)cc2)CCOCC1C. The van der Waals surface area contributed by atoms with E-state index in [1.165, 1.54) is 7.11 Å². The smallest absolute Gasteiger partial charge is 0.331 e. The van der Waals surface area contributed by atoms with Crippen LogP contribution < -0.4 is 5.32 Å². The summed E-state index contributed by atoms with van der Waals surface area (Å²) >= 11 is 5.87. The summed E-state index contributed by atoms with van der Waals surface area (Å²) in [6.07, 6.45) is 0.587. The minimum atomic E-state index is -0.735. The zero-order chi connectivity index (χ0) is 13.9. The van der Waals surface area contributed by atoms with Crippen LogP contribution in [-0.2, 0) is 14.3 Å². The van der Waals surface area contributed by atoms with Crippen LogP contribution in [0.2, 0.25) is 5.02 Å². The summed E-state index contributed by atoms with van der Waals surface area (Å²) in [5.41, 5.74) is 0.115. The number of rotatable bonds is 3. The van der Waals surface area contributed by atoms with Gasteiger partial charge in [0.1, 0.15) is 5.54 Å². The number of nitrogens with one attached hydrogen (secondary N) is 1. The predicted molar refractivity (Wildman–Crippen MR) is 74.4 cm³/mol. The number of hydrogen-bond donors (Lipinski definition) is 1. The fourth-order valence-corrected chi connectivity index (χ4v) is 2.52. The van der Waals surface area contributed by atoms with E-state index in [-0.39, 0.29) is 11.9 Å². The van der Waals surface area contributed by atoms with Crippen LogP contribution >= 0.6 is 11.6 Å². The van der Waals surface area contributed by atoms with Crippen LogP contribution in [0.5, 0.6) is 0 Å². The molecule has 1 saturated heterocycles. The van der Waals surface area contributed by atoms with Crippen molar-refractivity contribution >= 4 is 23.3 Å². The first-order chi connectivity index (χ1) is 9.08. The first-order valence-corrected chi connectivity index (χ1v) is 6.66. The van der Waals surface area contributed by atoms with Gasteiger partial charge in [-0.25, -0.2) is 4.79 Å². The van der Waals surface area contributed by atoms with Crippen molar-refractivity contribution in [2.24, 2.45) is 5.92 Å². The molecule has 104 valence electrons. The van der Waals surface area contributed by atoms with Gasteiger partial charge in [0.25, 0.3) is 0 Å². The maximum atomic E-state index is 12.2. The molecular weight excluding hydrogens is 266 g/mol. The molecule has 19 heavy (non-hydrogen) atoms. The van der Waals surface area contributed by atoms with Crippen LogP contribution in [0.1, 0.15) is 13.3 Å². The summed E-state index contributed by atoms with van der Waals surface area (Å²) < 4.78 is 10.4. The highest BCUT2D eigenvalue weighted by molar-refractivity contribution is 6.30. The van der Waals surface area contributed by atoms with E-state index < -0.39 is 5.54 Å². The van der Waals surface area contributed by atoms with Crippen molar-refractivity contribution in [1.29, 1.82) is 0 Å². The van der Waals surface area contributed by atoms with Crippen molar-refractivity contribution in [2.75, 3.05) is 25.6 Å². The zero-order valence-electron chi connectivity index (χ0n) is 11.1. The van der Waals surface area contributed by atoms with E-state index >= 15 is 0 Å². The standard InChI is InChI=1S/C14H18ClNO3/c1-10-9-19-8-7-14(10,13(17)18-2)16-12-5-3-11(15)4-6-12/h3-6,10,16H,7-9H2,1-2H3. The normalized spacial score (nSPS) is 26.8. The van der Waals surface area contributed by atoms with Crippen molar-refractivity contribution in [3.05, 3.63) is 29.3 Å². The third kappa shape index (κ3) is 2.85. The van der Waals surface area contributed by atoms with E-state index in [2.05, 4.69) is 5.32 Å². The minimum Gasteiger partial charge on any atom is -0.467 e. The highest BCUT2D eigenvalue weighted by atomic mass is 35.5. The van der Waals surface area contributed by atoms with Gasteiger partial charge in [0.05, 0.1) is 13.7 Å². The Hall–Kier alpha value is -1.26. The number of halogens is 1. The number of anilines is 1. The van der Waals surface area contributed by atoms with Crippen LogP contribution in [0.4, 0.5) is 5.69 Å². The monoisotopic (exact) mass is 283 g/mol. The van der Waals surface area contributed by atoms with Crippen LogP contribution in [0.3, 0.4) is 0 Å². The Labute approximate surface area is 118 Å². The van der Waals surface area contributed by atoms with Gasteiger partial charge in [-0.05, 0) is 24.3 Å². The van der Waals surface area contributed by atoms with Gasteiger partial charge >= 0.3 is 5.97 Å². The van der Waals surface area contributed by atoms with Crippen molar-refractivity contribution in [2.45, 2.75) is 18.9 Å². The van der Waals surface area contributed by atoms with Gasteiger partial charge in [-0.3, -0.25) is 0 Å². The number of carbonyl (C=O) groups excluding carboxylic acids is 1. The molecule has 0 spiro atoms. The number of carbonyl (C=O) groups is 1. The van der Waals surface area contributed by atoms with Gasteiger partial charge in [-0.15, -0.1) is 0 Å². The highest BCUT2D eigenvalue weighted by Gasteiger charge is 2.46. The maximum Gasteiger partial charge on any atom is 0.331 e. The van der Waals surface area contributed by atoms with E-state index in [1.807, 2.05) is 19.1 Å². The van der Waals surface area contributed by atoms with E-state index in [0.717, 1.165) is 5.69 Å². The number of esters is 1. The quantitative estimate of drug-likeness (QED) is 0.867. The van der Waals surface area contributed by atoms with E-state index in [1.54, 1.807) is 12.1 Å². The summed E-state index contributed by atoms with van der Waals surface area (Å²) in [6.45, 7) is 3.06. The van der Waals surface area contributed by atoms with E-state index in [9.17, 15) is 4.79 Å². The topological polar surface area (TPSA) is 47.6 Å². The molecule has 1 aliphatic heterocycles. The Morgan fingerprint density at radius 3 is 2.74 bits per heavy atom. The molecule has 0 radical (unpaired) electrons. The average Bonchev–Trinajstić information content (AvgIpc) is 2.43. The number of methoxy groups -OCH3 is 1. The Kier molecular flexibility index (Phi) is 4.32. The van der Waals surface area contributed by atoms with Crippen LogP contribution in [0.15, 0.2) is 24.3 Å². The molecule has 1 heterocycles. The number of ether oxygens (including phenoxy) is 2. The Balaban J connectivity index is 2.27. The summed E-state index contributed by atoms with van der Waals surface area (Å²) in [4.78, 5) is 12.2. The molecule has 0 bridgehead atoms. The summed E-state index contributed by atoms with van der Waals surface area (Å²) in [7, 11) is 1.41. The van der Waals surface area contributed by atoms with Gasteiger partial charge in [0.15, 0.2) is 0 Å². The van der Waals surface area contributed by atoms with Crippen molar-refractivity contribution in [1.82, 2.24) is 0 Å². The molecule has 2 atom stereocenters. The molecule has 0 saturated carbocycles. The lowest BCUT2D eigenvalue weighted by molar-refractivity contribution is -0.152. The van der Waals surface area contributed by atoms with Gasteiger partial charge < -0.3 is 14.8 Å². The molecule has 1 aliphatic rings. The Bertz CT molecular complexity index is 449. The van der Waals surface area contributed by atoms with Crippen LogP contribution in [0, 0.1) is 5.92 Å². The molecule has 1 N–H and O–H groups in total. The predicted octanol–water partition coefficient (Wildman–Crippen LogP) is 2.72. The summed E-state index contributed by atoms with van der Waals surface area (Å²) in [6, 6.07) is 7.29. The first-order valence-electron chi connectivity index (χ1n) is 6.28. The van der Waals surface area contributed by atoms with Crippen LogP contribution in [-0.4, -0.2) is 31.8 Å². The maximum absolute atomic E-state index is 12.2. The lowest BCUT2D eigenvalue weighted by atomic mass is 9.80. The second kappa shape index (κ2) is 5.80. The third-order valence-electron chi connectivity index (χ3n) is 3.61. The van der Waals surface area contributed by atoms with Crippen molar-refractivity contribution in [3.8, 4) is 0 Å². The third-order valence-corrected chi connectivity index (χ3v) is 3.86. The fraction of sp³-hybridized carbons (Fsp3) is 0.500. The first kappa shape index (κ1) is 14.2. The van der Waals surface area contributed by atoms with Gasteiger partial charge in [0, 0.05) is 29.7 Å². The highest BCUT2D eigenvalue weighted by Crippen LogP contribution is 2.32. The second-order valence-corrected chi connectivity index (χ2v) is 5.26. The lowest BCUT2D eigenvalue weighted by Gasteiger charge is -2.41. The van der Waals surface area contributed by atoms with Gasteiger partial charge in [-0.2, -0.15) is 0 Å². The lowest BCUT2D eigenvalue weighted by Crippen LogP contribution is -2.56. The Morgan fingerprint density at radius 1 is 1.47 bits per heavy atom.